The molecule has 0 aliphatic carbocycles. The second-order valence-corrected chi connectivity index (χ2v) is 28.2. The first-order valence-electron chi connectivity index (χ1n) is 38.4. The predicted octanol–water partition coefficient (Wildman–Crippen LogP) is 20.0. The van der Waals surface area contributed by atoms with E-state index in [0.29, 0.717) is 110 Å². The molecule has 0 atom stereocenters. The van der Waals surface area contributed by atoms with E-state index in [2.05, 4.69) is 121 Å². The number of imidazole rings is 2. The molecule has 0 aromatic carbocycles. The summed E-state index contributed by atoms with van der Waals surface area (Å²) in [6.07, 6.45) is 46.0. The minimum atomic E-state index is 0.249. The Morgan fingerprint density at radius 3 is 0.917 bits per heavy atom. The zero-order chi connectivity index (χ0) is 75.3. The summed E-state index contributed by atoms with van der Waals surface area (Å²) in [5, 5.41) is 0. The Kier molecular flexibility index (Phi) is 26.6. The van der Waals surface area contributed by atoms with Gasteiger partial charge in [0.05, 0.1) is 120 Å². The maximum Gasteiger partial charge on any atom is 0.168 e. The van der Waals surface area contributed by atoms with Crippen LogP contribution in [0.2, 0.25) is 0 Å². The molecule has 16 bridgehead atoms. The number of H-pyrrole nitrogens is 4. The molecule has 4 N–H and O–H groups in total. The van der Waals surface area contributed by atoms with Crippen molar-refractivity contribution >= 4 is 104 Å². The second-order valence-electron chi connectivity index (χ2n) is 27.1. The molecule has 21 heteroatoms. The van der Waals surface area contributed by atoms with Crippen LogP contribution in [0, 0.1) is 0 Å². The number of unbranched alkanes of at least 4 members (excludes halogenated alkanes) is 10. The Bertz CT molecular complexity index is 4850. The fourth-order valence-corrected chi connectivity index (χ4v) is 15.7. The van der Waals surface area contributed by atoms with E-state index in [1.165, 1.54) is 36.8 Å². The molecule has 9 aromatic rings. The fraction of sp³-hybridized carbons (Fsp3) is 0.341. The lowest BCUT2D eigenvalue weighted by molar-refractivity contribution is 0.121. The summed E-state index contributed by atoms with van der Waals surface area (Å²) in [7, 11) is 3.97. The van der Waals surface area contributed by atoms with Gasteiger partial charge in [-0.2, -0.15) is 0 Å². The minimum Gasteiger partial charge on any atom is -0.487 e. The average Bonchev–Trinajstić information content (AvgIpc) is 1.60. The lowest BCUT2D eigenvalue weighted by atomic mass is 9.92. The molecule has 0 amide bonds. The van der Waals surface area contributed by atoms with Crippen molar-refractivity contribution in [1.82, 2.24) is 59.0 Å². The molecule has 0 saturated heterocycles. The smallest absolute Gasteiger partial charge is 0.168 e. The number of aromatic amines is 4. The molecule has 109 heavy (non-hydrogen) atoms. The number of nitrogens with one attached hydrogen (secondary N) is 4. The van der Waals surface area contributed by atoms with Gasteiger partial charge in [-0.3, -0.25) is 0 Å². The van der Waals surface area contributed by atoms with Gasteiger partial charge < -0.3 is 67.0 Å². The van der Waals surface area contributed by atoms with Gasteiger partial charge in [0.1, 0.15) is 60.9 Å². The molecular formula is C88H100N12O8S. The molecular weight excluding hydrogens is 1390 g/mol. The van der Waals surface area contributed by atoms with Crippen LogP contribution in [-0.2, 0) is 45.9 Å². The van der Waals surface area contributed by atoms with Crippen LogP contribution in [0.3, 0.4) is 0 Å². The zero-order valence-electron chi connectivity index (χ0n) is 63.3. The number of hydrogen-bond acceptors (Lipinski definition) is 15. The number of hydrogen-bond donors (Lipinski definition) is 4. The Labute approximate surface area is 641 Å². The zero-order valence-corrected chi connectivity index (χ0v) is 64.1. The lowest BCUT2D eigenvalue weighted by Gasteiger charge is -2.12. The molecule has 0 spiro atoms. The highest BCUT2D eigenvalue weighted by atomic mass is 32.1. The molecule has 20 nitrogen and oxygen atoms in total. The van der Waals surface area contributed by atoms with Crippen molar-refractivity contribution in [3.05, 3.63) is 181 Å². The van der Waals surface area contributed by atoms with Gasteiger partial charge in [0.25, 0.3) is 0 Å². The minimum absolute atomic E-state index is 0.249. The van der Waals surface area contributed by atoms with Crippen molar-refractivity contribution < 1.29 is 37.9 Å². The first-order valence-corrected chi connectivity index (χ1v) is 39.2. The highest BCUT2D eigenvalue weighted by molar-refractivity contribution is 7.19. The van der Waals surface area contributed by atoms with Gasteiger partial charge in [-0.25, -0.2) is 29.9 Å². The second kappa shape index (κ2) is 37.9. The maximum absolute atomic E-state index is 6.90. The summed E-state index contributed by atoms with van der Waals surface area (Å²) in [5.41, 5.74) is 17.6. The maximum atomic E-state index is 6.90. The molecule has 0 unspecified atom stereocenters. The molecule has 4 aliphatic heterocycles. The van der Waals surface area contributed by atoms with Crippen molar-refractivity contribution in [1.29, 1.82) is 0 Å². The lowest BCUT2D eigenvalue weighted by Crippen LogP contribution is -2.07. The summed E-state index contributed by atoms with van der Waals surface area (Å²) in [4.78, 5) is 49.8. The predicted molar refractivity (Wildman–Crippen MR) is 445 cm³/mol. The third-order valence-corrected chi connectivity index (χ3v) is 20.7. The largest absolute Gasteiger partial charge is 0.487 e. The molecule has 4 aliphatic rings. The van der Waals surface area contributed by atoms with Crippen LogP contribution in [-0.4, -0.2) is 138 Å². The van der Waals surface area contributed by atoms with Gasteiger partial charge >= 0.3 is 0 Å². The Morgan fingerprint density at radius 2 is 0.624 bits per heavy atom. The number of aromatic nitrogens is 12. The number of ether oxygens (including phenoxy) is 8. The fourth-order valence-electron chi connectivity index (χ4n) is 14.1. The van der Waals surface area contributed by atoms with E-state index in [4.69, 9.17) is 67.8 Å². The van der Waals surface area contributed by atoms with E-state index in [9.17, 15) is 0 Å². The van der Waals surface area contributed by atoms with Crippen molar-refractivity contribution in [2.45, 2.75) is 104 Å². The average molecular weight is 1490 g/mol. The van der Waals surface area contributed by atoms with Gasteiger partial charge in [-0.05, 0) is 134 Å². The van der Waals surface area contributed by atoms with Crippen LogP contribution in [0.4, 0.5) is 0 Å². The van der Waals surface area contributed by atoms with E-state index in [1.807, 2.05) is 72.1 Å². The van der Waals surface area contributed by atoms with Crippen molar-refractivity contribution in [2.75, 3.05) is 79.3 Å². The van der Waals surface area contributed by atoms with E-state index >= 15 is 0 Å². The highest BCUT2D eigenvalue weighted by Gasteiger charge is 2.29. The number of aryl methyl sites for hydroxylation is 2. The molecule has 13 heterocycles. The molecule has 13 rings (SSSR count). The van der Waals surface area contributed by atoms with Gasteiger partial charge in [-0.15, -0.1) is 37.7 Å². The molecule has 566 valence electrons. The van der Waals surface area contributed by atoms with Crippen molar-refractivity contribution in [3.8, 4) is 66.7 Å². The Hall–Kier alpha value is -10.7. The molecule has 0 radical (unpaired) electrons. The monoisotopic (exact) mass is 1480 g/mol. The Morgan fingerprint density at radius 1 is 0.349 bits per heavy atom. The topological polar surface area (TPSA) is 224 Å². The Balaban J connectivity index is 1.13. The SMILES string of the molecule is C=CCOCCOc1c2nc(c(-c3nccn3C)c3ccc([nH]3)c(OCCOCC=C)c3nc(c(-c4sc(-c5c6nc(c(OCCOCC=C)c7ccc([nH]7)c(-c7nccn7C)c7nc(c(OCCOCC=C)c8ccc5[nH]8)C=C7)C=C6)c(CCCCCCCC)c4CCCCCCCC)c4ccc1[nH]4)C=C3)C=C2. The highest BCUT2D eigenvalue weighted by Crippen LogP contribution is 2.50. The summed E-state index contributed by atoms with van der Waals surface area (Å²) in [6, 6.07) is 16.7. The van der Waals surface area contributed by atoms with Gasteiger partial charge in [0.2, 0.25) is 0 Å². The third kappa shape index (κ3) is 18.1. The quantitative estimate of drug-likeness (QED) is 0.0206. The van der Waals surface area contributed by atoms with Crippen LogP contribution < -0.4 is 18.9 Å². The van der Waals surface area contributed by atoms with E-state index < -0.39 is 0 Å². The summed E-state index contributed by atoms with van der Waals surface area (Å²) < 4.78 is 55.4. The van der Waals surface area contributed by atoms with Crippen LogP contribution in [0.25, 0.3) is 136 Å². The van der Waals surface area contributed by atoms with Crippen LogP contribution in [0.5, 0.6) is 23.0 Å². The number of thiophene rings is 1. The van der Waals surface area contributed by atoms with Crippen LogP contribution in [0.15, 0.2) is 124 Å². The molecule has 0 saturated carbocycles. The van der Waals surface area contributed by atoms with E-state index in [1.54, 1.807) is 48.0 Å². The van der Waals surface area contributed by atoms with Crippen molar-refractivity contribution in [3.63, 3.8) is 0 Å². The first-order chi connectivity index (χ1) is 53.7. The van der Waals surface area contributed by atoms with Gasteiger partial charge in [-0.1, -0.05) is 102 Å². The van der Waals surface area contributed by atoms with Gasteiger partial charge in [0.15, 0.2) is 23.0 Å². The van der Waals surface area contributed by atoms with Gasteiger partial charge in [0, 0.05) is 70.8 Å². The number of fused-ring (bicyclic) bond motifs is 16. The van der Waals surface area contributed by atoms with E-state index in [-0.39, 0.29) is 26.4 Å². The van der Waals surface area contributed by atoms with Crippen LogP contribution >= 0.6 is 11.3 Å². The first kappa shape index (κ1) is 76.5. The third-order valence-electron chi connectivity index (χ3n) is 19.4. The summed E-state index contributed by atoms with van der Waals surface area (Å²) in [5.74, 6) is 3.69. The standard InChI is InChI=1S/C88H100N12O8S/c1-9-15-17-19-21-23-25-59-60(26-24-22-20-18-16-10-2)86(78-63-29-37-71(93-63)83(107-57-53-103-49-13-5)75-41-33-67(97-75)80(88-90-44-46-100(88)8)68-34-42-76(98-68)84(72-38-30-64(78)94-72)108-58-54-104-50-14-6)109-85(59)77-61-27-35-69(91-61)81(105-55-51-101-47-11-3)73-39-31-65(95-73)79(87-89-43-45-99(87)7)66-32-40-74(96-66)82(70-36-28-62(77)92-70)106-56-52-102-48-12-4/h11-14,27-46,91,93,96,98H,3-6,9-10,15-26,47-58H2,1-2,7-8H3. The van der Waals surface area contributed by atoms with Crippen LogP contribution in [0.1, 0.15) is 148 Å². The normalized spacial score (nSPS) is 12.2. The molecule has 0 fully saturated rings. The van der Waals surface area contributed by atoms with E-state index in [0.717, 1.165) is 163 Å². The number of nitrogens with zero attached hydrogens (tertiary/aromatic N) is 8. The summed E-state index contributed by atoms with van der Waals surface area (Å²) >= 11 is 1.79. The number of rotatable bonds is 42. The van der Waals surface area contributed by atoms with Crippen molar-refractivity contribution in [2.24, 2.45) is 14.1 Å². The summed E-state index contributed by atoms with van der Waals surface area (Å²) in [6.45, 7) is 24.0. The molecule has 9 aromatic heterocycles.